The normalized spacial score (nSPS) is 11.5. The number of nitrogens with zero attached hydrogens (tertiary/aromatic N) is 2. The fourth-order valence-electron chi connectivity index (χ4n) is 3.22. The van der Waals surface area contributed by atoms with Crippen LogP contribution in [0.1, 0.15) is 28.9 Å². The van der Waals surface area contributed by atoms with Crippen molar-refractivity contribution in [2.24, 2.45) is 0 Å². The molecule has 7 nitrogen and oxygen atoms in total. The molecule has 158 valence electrons. The predicted molar refractivity (Wildman–Crippen MR) is 117 cm³/mol. The molecular weight excluding hydrogens is 400 g/mol. The lowest BCUT2D eigenvalue weighted by molar-refractivity contribution is -0.116. The number of hydrogen-bond acceptors (Lipinski definition) is 4. The third kappa shape index (κ3) is 4.77. The van der Waals surface area contributed by atoms with Crippen LogP contribution in [0, 0.1) is 27.7 Å². The minimum atomic E-state index is -3.68. The quantitative estimate of drug-likeness (QED) is 0.605. The second-order valence-electron chi connectivity index (χ2n) is 7.26. The molecule has 0 radical (unpaired) electrons. The van der Waals surface area contributed by atoms with Crippen molar-refractivity contribution >= 4 is 21.6 Å². The van der Waals surface area contributed by atoms with Crippen LogP contribution in [-0.4, -0.2) is 30.7 Å². The summed E-state index contributed by atoms with van der Waals surface area (Å²) in [5.74, 6) is -0.280. The number of anilines is 1. The molecule has 0 fully saturated rings. The molecule has 0 aliphatic carbocycles. The molecule has 1 amide bonds. The number of aryl methyl sites for hydroxylation is 3. The van der Waals surface area contributed by atoms with E-state index in [4.69, 9.17) is 0 Å². The number of amides is 1. The minimum Gasteiger partial charge on any atom is -0.323 e. The van der Waals surface area contributed by atoms with Gasteiger partial charge in [-0.3, -0.25) is 4.79 Å². The topological polar surface area (TPSA) is 93.1 Å². The SMILES string of the molecule is Cc1ccc(C)c(S(=O)(=O)NCCC(=O)Nc2c(C)nn(-c3ccccc3)c2C)c1. The number of para-hydroxylation sites is 1. The fourth-order valence-corrected chi connectivity index (χ4v) is 4.58. The lowest BCUT2D eigenvalue weighted by atomic mass is 10.2. The van der Waals surface area contributed by atoms with E-state index in [1.54, 1.807) is 23.7 Å². The Bertz CT molecular complexity index is 1170. The largest absolute Gasteiger partial charge is 0.323 e. The van der Waals surface area contributed by atoms with Gasteiger partial charge in [0.05, 0.1) is 27.7 Å². The summed E-state index contributed by atoms with van der Waals surface area (Å²) in [7, 11) is -3.68. The van der Waals surface area contributed by atoms with Gasteiger partial charge in [0, 0.05) is 13.0 Å². The molecular formula is C22H26N4O3S. The lowest BCUT2D eigenvalue weighted by Gasteiger charge is -2.11. The van der Waals surface area contributed by atoms with Crippen molar-refractivity contribution in [2.45, 2.75) is 39.0 Å². The Balaban J connectivity index is 1.64. The lowest BCUT2D eigenvalue weighted by Crippen LogP contribution is -2.28. The smallest absolute Gasteiger partial charge is 0.240 e. The second-order valence-corrected chi connectivity index (χ2v) is 8.99. The number of rotatable bonds is 7. The molecule has 8 heteroatoms. The molecule has 0 spiro atoms. The van der Waals surface area contributed by atoms with Gasteiger partial charge in [0.15, 0.2) is 0 Å². The number of aromatic nitrogens is 2. The first-order valence-corrected chi connectivity index (χ1v) is 11.2. The summed E-state index contributed by atoms with van der Waals surface area (Å²) >= 11 is 0. The van der Waals surface area contributed by atoms with Crippen LogP contribution in [0.25, 0.3) is 5.69 Å². The number of carbonyl (C=O) groups is 1. The molecule has 2 aromatic carbocycles. The van der Waals surface area contributed by atoms with Gasteiger partial charge in [-0.05, 0) is 57.0 Å². The highest BCUT2D eigenvalue weighted by atomic mass is 32.2. The number of sulfonamides is 1. The van der Waals surface area contributed by atoms with Crippen molar-refractivity contribution in [3.8, 4) is 5.69 Å². The van der Waals surface area contributed by atoms with Crippen LogP contribution in [0.4, 0.5) is 5.69 Å². The van der Waals surface area contributed by atoms with Crippen molar-refractivity contribution in [1.29, 1.82) is 0 Å². The van der Waals surface area contributed by atoms with Crippen molar-refractivity contribution in [3.63, 3.8) is 0 Å². The van der Waals surface area contributed by atoms with Gasteiger partial charge in [-0.15, -0.1) is 0 Å². The Morgan fingerprint density at radius 3 is 2.43 bits per heavy atom. The highest BCUT2D eigenvalue weighted by Crippen LogP contribution is 2.23. The molecule has 0 saturated carbocycles. The zero-order valence-electron chi connectivity index (χ0n) is 17.6. The molecule has 0 unspecified atom stereocenters. The standard InChI is InChI=1S/C22H26N4O3S/c1-15-10-11-16(2)20(14-15)30(28,29)23-13-12-21(27)24-22-17(3)25-26(18(22)4)19-8-6-5-7-9-19/h5-11,14,23H,12-13H2,1-4H3,(H,24,27). The summed E-state index contributed by atoms with van der Waals surface area (Å²) in [5, 5.41) is 7.36. The van der Waals surface area contributed by atoms with E-state index in [0.29, 0.717) is 16.9 Å². The van der Waals surface area contributed by atoms with Crippen LogP contribution in [0.3, 0.4) is 0 Å². The summed E-state index contributed by atoms with van der Waals surface area (Å²) in [5.41, 5.74) is 4.57. The first-order chi connectivity index (χ1) is 14.2. The number of carbonyl (C=O) groups excluding carboxylic acids is 1. The molecule has 0 aliphatic heterocycles. The van der Waals surface area contributed by atoms with Crippen molar-refractivity contribution in [1.82, 2.24) is 14.5 Å². The Labute approximate surface area is 177 Å². The van der Waals surface area contributed by atoms with Crippen LogP contribution in [-0.2, 0) is 14.8 Å². The highest BCUT2D eigenvalue weighted by Gasteiger charge is 2.18. The average Bonchev–Trinajstić information content (AvgIpc) is 2.98. The van der Waals surface area contributed by atoms with Gasteiger partial charge in [-0.25, -0.2) is 17.8 Å². The van der Waals surface area contributed by atoms with Gasteiger partial charge >= 0.3 is 0 Å². The van der Waals surface area contributed by atoms with Crippen LogP contribution < -0.4 is 10.0 Å². The van der Waals surface area contributed by atoms with Crippen molar-refractivity contribution < 1.29 is 13.2 Å². The second kappa shape index (κ2) is 8.81. The van der Waals surface area contributed by atoms with Gasteiger partial charge in [-0.2, -0.15) is 5.10 Å². The fraction of sp³-hybridized carbons (Fsp3) is 0.273. The maximum Gasteiger partial charge on any atom is 0.240 e. The Hall–Kier alpha value is -2.97. The molecule has 0 atom stereocenters. The third-order valence-corrected chi connectivity index (χ3v) is 6.44. The Morgan fingerprint density at radius 2 is 1.73 bits per heavy atom. The van der Waals surface area contributed by atoms with Crippen molar-refractivity contribution in [3.05, 3.63) is 71.0 Å². The van der Waals surface area contributed by atoms with Gasteiger partial charge in [-0.1, -0.05) is 30.3 Å². The maximum absolute atomic E-state index is 12.6. The maximum atomic E-state index is 12.6. The average molecular weight is 427 g/mol. The zero-order chi connectivity index (χ0) is 21.9. The van der Waals surface area contributed by atoms with Crippen LogP contribution in [0.15, 0.2) is 53.4 Å². The first kappa shape index (κ1) is 21.7. The molecule has 0 aliphatic rings. The summed E-state index contributed by atoms with van der Waals surface area (Å²) in [6.45, 7) is 7.30. The molecule has 0 saturated heterocycles. The van der Waals surface area contributed by atoms with Gasteiger partial charge < -0.3 is 5.32 Å². The monoisotopic (exact) mass is 426 g/mol. The molecule has 2 N–H and O–H groups in total. The summed E-state index contributed by atoms with van der Waals surface area (Å²) in [6, 6.07) is 14.9. The van der Waals surface area contributed by atoms with E-state index in [1.165, 1.54) is 0 Å². The summed E-state index contributed by atoms with van der Waals surface area (Å²) in [6.07, 6.45) is 0.0134. The van der Waals surface area contributed by atoms with E-state index in [2.05, 4.69) is 15.1 Å². The van der Waals surface area contributed by atoms with Gasteiger partial charge in [0.2, 0.25) is 15.9 Å². The van der Waals surface area contributed by atoms with Crippen LogP contribution in [0.5, 0.6) is 0 Å². The summed E-state index contributed by atoms with van der Waals surface area (Å²) < 4.78 is 29.4. The van der Waals surface area contributed by atoms with E-state index in [9.17, 15) is 13.2 Å². The number of hydrogen-bond donors (Lipinski definition) is 2. The van der Waals surface area contributed by atoms with E-state index < -0.39 is 10.0 Å². The molecule has 0 bridgehead atoms. The molecule has 1 heterocycles. The van der Waals surface area contributed by atoms with E-state index in [0.717, 1.165) is 16.9 Å². The Morgan fingerprint density at radius 1 is 1.03 bits per heavy atom. The number of nitrogens with one attached hydrogen (secondary N) is 2. The predicted octanol–water partition coefficient (Wildman–Crippen LogP) is 3.41. The van der Waals surface area contributed by atoms with Crippen molar-refractivity contribution in [2.75, 3.05) is 11.9 Å². The van der Waals surface area contributed by atoms with Gasteiger partial charge in [0.1, 0.15) is 0 Å². The molecule has 30 heavy (non-hydrogen) atoms. The highest BCUT2D eigenvalue weighted by molar-refractivity contribution is 7.89. The summed E-state index contributed by atoms with van der Waals surface area (Å²) in [4.78, 5) is 12.7. The molecule has 1 aromatic heterocycles. The third-order valence-electron chi connectivity index (χ3n) is 4.83. The van der Waals surface area contributed by atoms with E-state index in [-0.39, 0.29) is 23.8 Å². The van der Waals surface area contributed by atoms with Crippen LogP contribution >= 0.6 is 0 Å². The molecule has 3 rings (SSSR count). The Kier molecular flexibility index (Phi) is 6.38. The zero-order valence-corrected chi connectivity index (χ0v) is 18.4. The van der Waals surface area contributed by atoms with E-state index >= 15 is 0 Å². The minimum absolute atomic E-state index is 0.00641. The van der Waals surface area contributed by atoms with Gasteiger partial charge in [0.25, 0.3) is 0 Å². The first-order valence-electron chi connectivity index (χ1n) is 9.67. The molecule has 3 aromatic rings. The van der Waals surface area contributed by atoms with E-state index in [1.807, 2.05) is 57.2 Å². The number of benzene rings is 2. The van der Waals surface area contributed by atoms with Crippen LogP contribution in [0.2, 0.25) is 0 Å².